The topological polar surface area (TPSA) is 183 Å². The fourth-order valence-corrected chi connectivity index (χ4v) is 9.94. The van der Waals surface area contributed by atoms with Gasteiger partial charge in [-0.25, -0.2) is 14.4 Å². The Kier molecular flexibility index (Phi) is 16.4. The number of aliphatic hydroxyl groups excluding tert-OH is 2. The highest BCUT2D eigenvalue weighted by atomic mass is 16.6. The lowest BCUT2D eigenvalue weighted by Crippen LogP contribution is -2.38. The Bertz CT molecular complexity index is 2720. The summed E-state index contributed by atoms with van der Waals surface area (Å²) in [5, 5.41) is 23.7. The minimum Gasteiger partial charge on any atom is -0.465 e. The molecule has 0 unspecified atom stereocenters. The molecule has 0 aliphatic heterocycles. The first-order chi connectivity index (χ1) is 32.8. The molecular formula is C55H66N4O9. The number of amides is 2. The second-order valence-corrected chi connectivity index (χ2v) is 18.8. The number of aromatic amines is 2. The van der Waals surface area contributed by atoms with E-state index in [4.69, 9.17) is 19.3 Å². The van der Waals surface area contributed by atoms with Gasteiger partial charge in [-0.1, -0.05) is 93.1 Å². The normalized spacial score (nSPS) is 14.5. The Morgan fingerprint density at radius 2 is 1.16 bits per heavy atom. The zero-order valence-corrected chi connectivity index (χ0v) is 40.0. The SMILES string of the molecule is COC(=O)c1ccc2c(C3CCCCC3)c(-c3ccccc3C(=O)NCCO)[nH]c2c1.COC(=O)c1ccc2c(C3CCCCC3)c(-c3ccccc3CN(CCO)C(=O)OC(C)(C)C)[nH]c2c1. The molecule has 0 saturated heterocycles. The number of aliphatic hydroxyl groups is 2. The van der Waals surface area contributed by atoms with Crippen molar-refractivity contribution >= 4 is 45.7 Å². The molecule has 360 valence electrons. The monoisotopic (exact) mass is 926 g/mol. The van der Waals surface area contributed by atoms with Gasteiger partial charge in [-0.05, 0) is 105 Å². The molecule has 6 aromatic rings. The number of nitrogens with one attached hydrogen (secondary N) is 3. The summed E-state index contributed by atoms with van der Waals surface area (Å²) in [5.74, 6) is -0.146. The number of carbonyl (C=O) groups excluding carboxylic acids is 4. The molecule has 5 N–H and O–H groups in total. The quantitative estimate of drug-likeness (QED) is 0.0556. The van der Waals surface area contributed by atoms with Gasteiger partial charge in [0.2, 0.25) is 0 Å². The number of aromatic nitrogens is 2. The van der Waals surface area contributed by atoms with E-state index in [0.29, 0.717) is 35.1 Å². The second-order valence-electron chi connectivity index (χ2n) is 18.8. The fraction of sp³-hybridized carbons (Fsp3) is 0.418. The van der Waals surface area contributed by atoms with E-state index in [1.54, 1.807) is 17.0 Å². The zero-order chi connectivity index (χ0) is 48.4. The van der Waals surface area contributed by atoms with Crippen molar-refractivity contribution in [2.45, 2.75) is 109 Å². The van der Waals surface area contributed by atoms with E-state index in [0.717, 1.165) is 75.6 Å². The summed E-state index contributed by atoms with van der Waals surface area (Å²) in [6.45, 7) is 5.92. The largest absolute Gasteiger partial charge is 0.465 e. The van der Waals surface area contributed by atoms with Gasteiger partial charge in [0.1, 0.15) is 5.60 Å². The van der Waals surface area contributed by atoms with Crippen LogP contribution in [0, 0.1) is 0 Å². The van der Waals surface area contributed by atoms with Gasteiger partial charge in [0.25, 0.3) is 5.91 Å². The van der Waals surface area contributed by atoms with E-state index in [-0.39, 0.29) is 44.1 Å². The Morgan fingerprint density at radius 3 is 1.66 bits per heavy atom. The van der Waals surface area contributed by atoms with Crippen molar-refractivity contribution in [2.24, 2.45) is 0 Å². The van der Waals surface area contributed by atoms with Gasteiger partial charge in [-0.3, -0.25) is 4.79 Å². The first-order valence-electron chi connectivity index (χ1n) is 24.0. The van der Waals surface area contributed by atoms with Crippen LogP contribution in [0.3, 0.4) is 0 Å². The van der Waals surface area contributed by atoms with Crippen molar-refractivity contribution in [2.75, 3.05) is 40.5 Å². The lowest BCUT2D eigenvalue weighted by molar-refractivity contribution is 0.0201. The van der Waals surface area contributed by atoms with Gasteiger partial charge in [0.05, 0.1) is 49.9 Å². The van der Waals surface area contributed by atoms with Crippen LogP contribution in [-0.2, 0) is 20.8 Å². The number of ether oxygens (including phenoxy) is 3. The minimum absolute atomic E-state index is 0.107. The smallest absolute Gasteiger partial charge is 0.410 e. The average Bonchev–Trinajstić information content (AvgIpc) is 3.94. The van der Waals surface area contributed by atoms with Crippen LogP contribution >= 0.6 is 0 Å². The highest BCUT2D eigenvalue weighted by Crippen LogP contribution is 2.45. The molecule has 13 heteroatoms. The molecule has 2 amide bonds. The summed E-state index contributed by atoms with van der Waals surface area (Å²) >= 11 is 0. The zero-order valence-electron chi connectivity index (χ0n) is 40.0. The van der Waals surface area contributed by atoms with E-state index < -0.39 is 11.7 Å². The fourth-order valence-electron chi connectivity index (χ4n) is 9.94. The highest BCUT2D eigenvalue weighted by molar-refractivity contribution is 6.04. The molecule has 2 heterocycles. The maximum absolute atomic E-state index is 12.9. The Labute approximate surface area is 398 Å². The molecular weight excluding hydrogens is 861 g/mol. The van der Waals surface area contributed by atoms with E-state index in [1.807, 2.05) is 87.5 Å². The molecule has 13 nitrogen and oxygen atoms in total. The summed E-state index contributed by atoms with van der Waals surface area (Å²) in [6.07, 6.45) is 11.3. The Balaban J connectivity index is 0.000000204. The van der Waals surface area contributed by atoms with E-state index in [2.05, 4.69) is 21.4 Å². The summed E-state index contributed by atoms with van der Waals surface area (Å²) in [7, 11) is 2.76. The standard InChI is InChI=1S/C30H38N2O5.C25H28N2O4/c1-30(2,3)37-29(35)32(16-17-33)19-22-12-8-9-13-23(22)27-26(20-10-6-5-7-11-20)24-15-14-21(28(34)36-4)18-25(24)31-27;1-31-25(30)17-11-12-20-21(15-17)27-23(22(20)16-7-3-2-4-8-16)18-9-5-6-10-19(18)24(29)26-13-14-28/h8-9,12-15,18,20,31,33H,5-7,10-11,16-17,19H2,1-4H3;5-6,9-12,15-16,27-28H,2-4,7-8,13-14H2,1H3,(H,26,29). The molecule has 0 spiro atoms. The molecule has 2 aromatic heterocycles. The lowest BCUT2D eigenvalue weighted by Gasteiger charge is -2.28. The maximum atomic E-state index is 12.9. The minimum atomic E-state index is -0.632. The van der Waals surface area contributed by atoms with Gasteiger partial charge in [0, 0.05) is 58.1 Å². The molecule has 0 atom stereocenters. The van der Waals surface area contributed by atoms with E-state index in [1.165, 1.54) is 63.9 Å². The van der Waals surface area contributed by atoms with Crippen LogP contribution < -0.4 is 5.32 Å². The van der Waals surface area contributed by atoms with Gasteiger partial charge in [-0.15, -0.1) is 0 Å². The van der Waals surface area contributed by atoms with Gasteiger partial charge >= 0.3 is 18.0 Å². The van der Waals surface area contributed by atoms with Crippen molar-refractivity contribution in [1.82, 2.24) is 20.2 Å². The number of nitrogens with zero attached hydrogens (tertiary/aromatic N) is 1. The number of hydrogen-bond donors (Lipinski definition) is 5. The number of carbonyl (C=O) groups is 4. The summed E-state index contributed by atoms with van der Waals surface area (Å²) < 4.78 is 15.4. The third kappa shape index (κ3) is 11.4. The maximum Gasteiger partial charge on any atom is 0.410 e. The second kappa shape index (κ2) is 22.6. The third-order valence-electron chi connectivity index (χ3n) is 13.1. The number of methoxy groups -OCH3 is 2. The van der Waals surface area contributed by atoms with Crippen molar-refractivity contribution in [3.05, 3.63) is 118 Å². The van der Waals surface area contributed by atoms with Crippen LogP contribution in [0.25, 0.3) is 44.3 Å². The number of benzene rings is 4. The van der Waals surface area contributed by atoms with Crippen LogP contribution in [0.15, 0.2) is 84.9 Å². The van der Waals surface area contributed by atoms with Gasteiger partial charge < -0.3 is 44.6 Å². The first kappa shape index (κ1) is 49.5. The molecule has 2 fully saturated rings. The number of rotatable bonds is 13. The van der Waals surface area contributed by atoms with Gasteiger partial charge in [-0.2, -0.15) is 0 Å². The Morgan fingerprint density at radius 1 is 0.662 bits per heavy atom. The number of H-pyrrole nitrogens is 2. The van der Waals surface area contributed by atoms with Crippen molar-refractivity contribution in [1.29, 1.82) is 0 Å². The number of hydrogen-bond acceptors (Lipinski definition) is 9. The average molecular weight is 927 g/mol. The lowest BCUT2D eigenvalue weighted by atomic mass is 9.81. The predicted molar refractivity (Wildman–Crippen MR) is 265 cm³/mol. The van der Waals surface area contributed by atoms with Crippen LogP contribution in [0.1, 0.15) is 145 Å². The molecule has 0 bridgehead atoms. The van der Waals surface area contributed by atoms with Crippen molar-refractivity contribution < 1.29 is 43.6 Å². The van der Waals surface area contributed by atoms with Crippen molar-refractivity contribution in [3.8, 4) is 22.5 Å². The molecule has 2 aliphatic carbocycles. The molecule has 0 radical (unpaired) electrons. The highest BCUT2D eigenvalue weighted by Gasteiger charge is 2.29. The van der Waals surface area contributed by atoms with Crippen LogP contribution in [0.5, 0.6) is 0 Å². The molecule has 8 rings (SSSR count). The summed E-state index contributed by atoms with van der Waals surface area (Å²) in [6, 6.07) is 26.9. The van der Waals surface area contributed by atoms with E-state index in [9.17, 15) is 24.3 Å². The number of fused-ring (bicyclic) bond motifs is 2. The third-order valence-corrected chi connectivity index (χ3v) is 13.1. The van der Waals surface area contributed by atoms with E-state index >= 15 is 0 Å². The molecule has 2 saturated carbocycles. The number of esters is 2. The first-order valence-corrected chi connectivity index (χ1v) is 24.0. The Hall–Kier alpha value is -6.44. The van der Waals surface area contributed by atoms with Crippen LogP contribution in [0.2, 0.25) is 0 Å². The van der Waals surface area contributed by atoms with Crippen molar-refractivity contribution in [3.63, 3.8) is 0 Å². The molecule has 4 aromatic carbocycles. The van der Waals surface area contributed by atoms with Gasteiger partial charge in [0.15, 0.2) is 0 Å². The van der Waals surface area contributed by atoms with Crippen LogP contribution in [0.4, 0.5) is 4.79 Å². The van der Waals surface area contributed by atoms with Crippen LogP contribution in [-0.4, -0.2) is 95.1 Å². The molecule has 68 heavy (non-hydrogen) atoms. The summed E-state index contributed by atoms with van der Waals surface area (Å²) in [4.78, 5) is 58.7. The predicted octanol–water partition coefficient (Wildman–Crippen LogP) is 10.8. The molecule has 2 aliphatic rings. The summed E-state index contributed by atoms with van der Waals surface area (Å²) in [5.41, 5.74) is 9.91.